The van der Waals surface area contributed by atoms with Crippen molar-refractivity contribution in [1.82, 2.24) is 9.88 Å². The number of ether oxygens (including phenoxy) is 2. The van der Waals surface area contributed by atoms with Crippen LogP contribution in [0.5, 0.6) is 11.5 Å². The summed E-state index contributed by atoms with van der Waals surface area (Å²) in [5, 5.41) is 9.75. The minimum Gasteiger partial charge on any atom is -0.493 e. The first kappa shape index (κ1) is 22.8. The molecule has 172 valence electrons. The second-order valence-electron chi connectivity index (χ2n) is 8.43. The summed E-state index contributed by atoms with van der Waals surface area (Å²) >= 11 is 0. The molecule has 4 rings (SSSR count). The highest BCUT2D eigenvalue weighted by atomic mass is 16.5. The number of likely N-dealkylation sites (tertiary alicyclic amines) is 1. The van der Waals surface area contributed by atoms with E-state index < -0.39 is 6.10 Å². The molecular formula is C27H30N2O4. The minimum absolute atomic E-state index is 0.116. The summed E-state index contributed by atoms with van der Waals surface area (Å²) in [6.45, 7) is 5.52. The van der Waals surface area contributed by atoms with Crippen LogP contribution in [-0.4, -0.2) is 41.1 Å². The first-order chi connectivity index (χ1) is 16.0. The van der Waals surface area contributed by atoms with Crippen LogP contribution in [0.15, 0.2) is 60.8 Å². The third-order valence-electron chi connectivity index (χ3n) is 6.14. The predicted octanol–water partition coefficient (Wildman–Crippen LogP) is 4.52. The molecule has 1 aliphatic heterocycles. The van der Waals surface area contributed by atoms with E-state index in [2.05, 4.69) is 36.2 Å². The fourth-order valence-corrected chi connectivity index (χ4v) is 3.93. The summed E-state index contributed by atoms with van der Waals surface area (Å²) in [7, 11) is 1.64. The quantitative estimate of drug-likeness (QED) is 0.551. The van der Waals surface area contributed by atoms with Crippen LogP contribution in [0.3, 0.4) is 0 Å². The van der Waals surface area contributed by atoms with Gasteiger partial charge in [-0.1, -0.05) is 37.3 Å². The number of aliphatic hydroxyl groups excluding tert-OH is 1. The molecule has 1 aromatic heterocycles. The fourth-order valence-electron chi connectivity index (χ4n) is 3.93. The molecule has 1 unspecified atom stereocenters. The maximum absolute atomic E-state index is 12.8. The Morgan fingerprint density at radius 3 is 2.48 bits per heavy atom. The van der Waals surface area contributed by atoms with E-state index in [1.54, 1.807) is 37.3 Å². The average molecular weight is 447 g/mol. The van der Waals surface area contributed by atoms with Crippen molar-refractivity contribution in [2.24, 2.45) is 0 Å². The molecule has 1 aliphatic rings. The number of pyridine rings is 1. The van der Waals surface area contributed by atoms with Crippen LogP contribution < -0.4 is 9.47 Å². The molecule has 6 nitrogen and oxygen atoms in total. The number of amides is 1. The number of hydrogen-bond acceptors (Lipinski definition) is 5. The molecule has 2 aromatic carbocycles. The van der Waals surface area contributed by atoms with Gasteiger partial charge in [0.1, 0.15) is 12.3 Å². The Kier molecular flexibility index (Phi) is 6.94. The molecular weight excluding hydrogens is 416 g/mol. The Labute approximate surface area is 194 Å². The van der Waals surface area contributed by atoms with Gasteiger partial charge in [-0.25, -0.2) is 0 Å². The van der Waals surface area contributed by atoms with Crippen LogP contribution in [0, 0.1) is 0 Å². The van der Waals surface area contributed by atoms with Crippen molar-refractivity contribution in [1.29, 1.82) is 0 Å². The molecule has 33 heavy (non-hydrogen) atoms. The molecule has 0 aliphatic carbocycles. The monoisotopic (exact) mass is 446 g/mol. The van der Waals surface area contributed by atoms with Gasteiger partial charge in [-0.3, -0.25) is 9.78 Å². The predicted molar refractivity (Wildman–Crippen MR) is 127 cm³/mol. The molecule has 1 fully saturated rings. The number of aromatic nitrogens is 1. The van der Waals surface area contributed by atoms with E-state index in [1.807, 2.05) is 18.2 Å². The molecule has 1 amide bonds. The number of rotatable bonds is 8. The van der Waals surface area contributed by atoms with Crippen LogP contribution in [-0.2, 0) is 13.0 Å². The zero-order valence-corrected chi connectivity index (χ0v) is 19.3. The van der Waals surface area contributed by atoms with Gasteiger partial charge in [-0.15, -0.1) is 0 Å². The van der Waals surface area contributed by atoms with Gasteiger partial charge >= 0.3 is 0 Å². The van der Waals surface area contributed by atoms with Crippen LogP contribution in [0.4, 0.5) is 0 Å². The number of benzene rings is 2. The summed E-state index contributed by atoms with van der Waals surface area (Å²) in [5.74, 6) is 1.51. The maximum Gasteiger partial charge on any atom is 0.272 e. The van der Waals surface area contributed by atoms with Crippen molar-refractivity contribution >= 4 is 5.91 Å². The second kappa shape index (κ2) is 10.0. The van der Waals surface area contributed by atoms with E-state index in [0.717, 1.165) is 17.5 Å². The van der Waals surface area contributed by atoms with E-state index in [-0.39, 0.29) is 11.8 Å². The first-order valence-corrected chi connectivity index (χ1v) is 11.3. The summed E-state index contributed by atoms with van der Waals surface area (Å²) < 4.78 is 11.6. The van der Waals surface area contributed by atoms with E-state index in [9.17, 15) is 9.90 Å². The van der Waals surface area contributed by atoms with Gasteiger partial charge in [0.25, 0.3) is 5.91 Å². The topological polar surface area (TPSA) is 71.9 Å². The lowest BCUT2D eigenvalue weighted by Gasteiger charge is -2.39. The Bertz CT molecular complexity index is 1110. The van der Waals surface area contributed by atoms with Crippen molar-refractivity contribution in [3.05, 3.63) is 88.7 Å². The molecule has 0 bridgehead atoms. The lowest BCUT2D eigenvalue weighted by Crippen LogP contribution is -2.48. The van der Waals surface area contributed by atoms with Crippen LogP contribution in [0.1, 0.15) is 58.6 Å². The van der Waals surface area contributed by atoms with Crippen molar-refractivity contribution in [3.63, 3.8) is 0 Å². The average Bonchev–Trinajstić information content (AvgIpc) is 2.82. The first-order valence-electron chi connectivity index (χ1n) is 11.3. The highest BCUT2D eigenvalue weighted by Gasteiger charge is 2.33. The Hall–Kier alpha value is -3.38. The van der Waals surface area contributed by atoms with Gasteiger partial charge in [-0.2, -0.15) is 0 Å². The number of aliphatic hydroxyl groups is 1. The van der Waals surface area contributed by atoms with E-state index >= 15 is 0 Å². The molecule has 6 heteroatoms. The lowest BCUT2D eigenvalue weighted by atomic mass is 9.90. The van der Waals surface area contributed by atoms with Gasteiger partial charge in [-0.05, 0) is 59.9 Å². The summed E-state index contributed by atoms with van der Waals surface area (Å²) in [6.07, 6.45) is 1.95. The fraction of sp³-hybridized carbons (Fsp3) is 0.333. The van der Waals surface area contributed by atoms with Crippen molar-refractivity contribution < 1.29 is 19.4 Å². The third-order valence-corrected chi connectivity index (χ3v) is 6.14. The number of methoxy groups -OCH3 is 1. The Morgan fingerprint density at radius 1 is 1.09 bits per heavy atom. The van der Waals surface area contributed by atoms with Gasteiger partial charge in [0.05, 0.1) is 13.2 Å². The summed E-state index contributed by atoms with van der Waals surface area (Å²) in [4.78, 5) is 18.7. The van der Waals surface area contributed by atoms with Crippen LogP contribution in [0.25, 0.3) is 0 Å². The number of aryl methyl sites for hydroxylation is 1. The Balaban J connectivity index is 1.37. The van der Waals surface area contributed by atoms with Crippen LogP contribution in [0.2, 0.25) is 0 Å². The molecule has 0 spiro atoms. The van der Waals surface area contributed by atoms with Crippen molar-refractivity contribution in [2.75, 3.05) is 20.2 Å². The number of carbonyl (C=O) groups is 1. The van der Waals surface area contributed by atoms with E-state index in [4.69, 9.17) is 9.47 Å². The minimum atomic E-state index is -0.632. The second-order valence-corrected chi connectivity index (χ2v) is 8.43. The van der Waals surface area contributed by atoms with E-state index in [0.29, 0.717) is 42.5 Å². The van der Waals surface area contributed by atoms with Gasteiger partial charge < -0.3 is 19.5 Å². The number of nitrogens with zero attached hydrogens (tertiary/aromatic N) is 2. The van der Waals surface area contributed by atoms with Gasteiger partial charge in [0, 0.05) is 25.2 Å². The zero-order chi connectivity index (χ0) is 23.4. The maximum atomic E-state index is 12.8. The molecule has 0 saturated carbocycles. The van der Waals surface area contributed by atoms with Crippen LogP contribution >= 0.6 is 0 Å². The van der Waals surface area contributed by atoms with E-state index in [1.165, 1.54) is 5.56 Å². The molecule has 1 N–H and O–H groups in total. The molecule has 0 radical (unpaired) electrons. The number of carbonyl (C=O) groups excluding carboxylic acids is 1. The highest BCUT2D eigenvalue weighted by Crippen LogP contribution is 2.35. The SMILES string of the molecule is CCc1ccc(COc2ccc(C3CN(C(=O)c4cc(C(C)O)ccn4)C3)cc2OC)cc1. The molecule has 1 saturated heterocycles. The summed E-state index contributed by atoms with van der Waals surface area (Å²) in [5.41, 5.74) is 4.58. The van der Waals surface area contributed by atoms with Gasteiger partial charge in [0.2, 0.25) is 0 Å². The summed E-state index contributed by atoms with van der Waals surface area (Å²) in [6, 6.07) is 17.8. The van der Waals surface area contributed by atoms with Crippen molar-refractivity contribution in [3.8, 4) is 11.5 Å². The zero-order valence-electron chi connectivity index (χ0n) is 19.3. The number of hydrogen-bond donors (Lipinski definition) is 1. The third kappa shape index (κ3) is 5.17. The smallest absolute Gasteiger partial charge is 0.272 e. The van der Waals surface area contributed by atoms with Crippen molar-refractivity contribution in [2.45, 2.75) is 38.9 Å². The lowest BCUT2D eigenvalue weighted by molar-refractivity contribution is 0.0595. The molecule has 2 heterocycles. The molecule has 3 aromatic rings. The normalized spacial score (nSPS) is 14.5. The Morgan fingerprint density at radius 2 is 1.82 bits per heavy atom. The molecule has 1 atom stereocenters. The largest absolute Gasteiger partial charge is 0.493 e. The standard InChI is InChI=1S/C27H30N2O4/c1-4-19-5-7-20(8-6-19)17-33-25-10-9-22(14-26(25)32-3)23-15-29(16-23)27(31)24-13-21(18(2)30)11-12-28-24/h5-14,18,23,30H,4,15-17H2,1-3H3. The van der Waals surface area contributed by atoms with Gasteiger partial charge in [0.15, 0.2) is 11.5 Å². The highest BCUT2D eigenvalue weighted by molar-refractivity contribution is 5.93.